The summed E-state index contributed by atoms with van der Waals surface area (Å²) >= 11 is 0. The fraction of sp³-hybridized carbons (Fsp3) is 0.533. The molecule has 0 aliphatic carbocycles. The summed E-state index contributed by atoms with van der Waals surface area (Å²) in [5.41, 5.74) is 2.25. The van der Waals surface area contributed by atoms with Crippen LogP contribution in [0.15, 0.2) is 24.3 Å². The van der Waals surface area contributed by atoms with Gasteiger partial charge in [-0.25, -0.2) is 0 Å². The van der Waals surface area contributed by atoms with Crippen molar-refractivity contribution >= 4 is 17.7 Å². The molecule has 0 saturated carbocycles. The van der Waals surface area contributed by atoms with Gasteiger partial charge < -0.3 is 14.6 Å². The van der Waals surface area contributed by atoms with Crippen LogP contribution in [0.1, 0.15) is 20.3 Å². The zero-order valence-electron chi connectivity index (χ0n) is 11.5. The monoisotopic (exact) mass is 246 g/mol. The third kappa shape index (κ3) is 2.35. The highest BCUT2D eigenvalue weighted by atomic mass is 16.1. The summed E-state index contributed by atoms with van der Waals surface area (Å²) < 4.78 is 0. The standard InChI is InChI=1S/C15H22N2O/c1-4-15(2,12-18)11-17-10-9-16(3)13-7-5-6-8-14(13)17/h5-8,12H,4,9-11H2,1-3H3. The molecule has 1 atom stereocenters. The molecule has 0 fully saturated rings. The Labute approximate surface area is 109 Å². The number of fused-ring (bicyclic) bond motifs is 1. The molecule has 0 N–H and O–H groups in total. The number of aldehydes is 1. The van der Waals surface area contributed by atoms with Crippen molar-refractivity contribution in [3.05, 3.63) is 24.3 Å². The van der Waals surface area contributed by atoms with Crippen molar-refractivity contribution < 1.29 is 4.79 Å². The van der Waals surface area contributed by atoms with Crippen molar-refractivity contribution in [2.45, 2.75) is 20.3 Å². The van der Waals surface area contributed by atoms with Crippen LogP contribution in [0.5, 0.6) is 0 Å². The van der Waals surface area contributed by atoms with Gasteiger partial charge in [0, 0.05) is 32.1 Å². The molecule has 0 aromatic heterocycles. The molecule has 18 heavy (non-hydrogen) atoms. The van der Waals surface area contributed by atoms with Gasteiger partial charge in [0.2, 0.25) is 0 Å². The quantitative estimate of drug-likeness (QED) is 0.763. The highest BCUT2D eigenvalue weighted by molar-refractivity contribution is 5.74. The third-order valence-electron chi connectivity index (χ3n) is 3.98. The van der Waals surface area contributed by atoms with Crippen molar-refractivity contribution in [2.24, 2.45) is 5.41 Å². The van der Waals surface area contributed by atoms with Gasteiger partial charge in [-0.2, -0.15) is 0 Å². The van der Waals surface area contributed by atoms with Crippen molar-refractivity contribution in [1.29, 1.82) is 0 Å². The first-order valence-electron chi connectivity index (χ1n) is 6.61. The average Bonchev–Trinajstić information content (AvgIpc) is 2.42. The third-order valence-corrected chi connectivity index (χ3v) is 3.98. The van der Waals surface area contributed by atoms with Gasteiger partial charge in [-0.1, -0.05) is 26.0 Å². The van der Waals surface area contributed by atoms with Gasteiger partial charge in [0.1, 0.15) is 6.29 Å². The van der Waals surface area contributed by atoms with Crippen molar-refractivity contribution in [3.8, 4) is 0 Å². The molecule has 0 amide bonds. The normalized spacial score (nSPS) is 18.2. The first-order valence-corrected chi connectivity index (χ1v) is 6.61. The summed E-state index contributed by atoms with van der Waals surface area (Å²) in [7, 11) is 2.12. The molecule has 1 aromatic carbocycles. The average molecular weight is 246 g/mol. The zero-order chi connectivity index (χ0) is 13.2. The molecule has 3 nitrogen and oxygen atoms in total. The Morgan fingerprint density at radius 1 is 1.28 bits per heavy atom. The minimum Gasteiger partial charge on any atom is -0.371 e. The van der Waals surface area contributed by atoms with Crippen molar-refractivity contribution in [1.82, 2.24) is 0 Å². The van der Waals surface area contributed by atoms with E-state index in [4.69, 9.17) is 0 Å². The number of benzene rings is 1. The molecule has 98 valence electrons. The number of anilines is 2. The van der Waals surface area contributed by atoms with Crippen LogP contribution in [-0.2, 0) is 4.79 Å². The van der Waals surface area contributed by atoms with Crippen LogP contribution in [0.3, 0.4) is 0 Å². The largest absolute Gasteiger partial charge is 0.371 e. The molecular weight excluding hydrogens is 224 g/mol. The van der Waals surface area contributed by atoms with Crippen LogP contribution in [0, 0.1) is 5.41 Å². The molecular formula is C15H22N2O. The SMILES string of the molecule is CCC(C)(C=O)CN1CCN(C)c2ccccc21. The molecule has 1 aromatic rings. The van der Waals surface area contributed by atoms with E-state index in [0.29, 0.717) is 0 Å². The molecule has 1 heterocycles. The number of rotatable bonds is 4. The predicted octanol–water partition coefficient (Wildman–Crippen LogP) is 2.56. The summed E-state index contributed by atoms with van der Waals surface area (Å²) in [5, 5.41) is 0. The van der Waals surface area contributed by atoms with Gasteiger partial charge in [-0.15, -0.1) is 0 Å². The molecule has 2 rings (SSSR count). The number of nitrogens with zero attached hydrogens (tertiary/aromatic N) is 2. The molecule has 1 aliphatic rings. The van der Waals surface area contributed by atoms with E-state index < -0.39 is 0 Å². The van der Waals surface area contributed by atoms with Gasteiger partial charge in [0.05, 0.1) is 11.4 Å². The Hall–Kier alpha value is -1.51. The van der Waals surface area contributed by atoms with Crippen LogP contribution in [-0.4, -0.2) is 33.0 Å². The van der Waals surface area contributed by atoms with Crippen molar-refractivity contribution in [3.63, 3.8) is 0 Å². The number of hydrogen-bond acceptors (Lipinski definition) is 3. The lowest BCUT2D eigenvalue weighted by atomic mass is 9.88. The summed E-state index contributed by atoms with van der Waals surface area (Å²) in [4.78, 5) is 15.9. The number of carbonyl (C=O) groups excluding carboxylic acids is 1. The Bertz CT molecular complexity index is 432. The minimum absolute atomic E-state index is 0.247. The molecule has 0 saturated heterocycles. The van der Waals surface area contributed by atoms with Gasteiger partial charge in [0.15, 0.2) is 0 Å². The topological polar surface area (TPSA) is 23.6 Å². The van der Waals surface area contributed by atoms with Crippen molar-refractivity contribution in [2.75, 3.05) is 36.5 Å². The summed E-state index contributed by atoms with van der Waals surface area (Å²) in [5.74, 6) is 0. The Balaban J connectivity index is 2.26. The molecule has 1 unspecified atom stereocenters. The van der Waals surface area contributed by atoms with Gasteiger partial charge in [-0.05, 0) is 18.6 Å². The number of likely N-dealkylation sites (N-methyl/N-ethyl adjacent to an activating group) is 1. The highest BCUT2D eigenvalue weighted by Crippen LogP contribution is 2.34. The fourth-order valence-electron chi connectivity index (χ4n) is 2.40. The summed E-state index contributed by atoms with van der Waals surface area (Å²) in [6, 6.07) is 8.42. The lowest BCUT2D eigenvalue weighted by Gasteiger charge is -2.40. The minimum atomic E-state index is -0.247. The van der Waals surface area contributed by atoms with E-state index in [-0.39, 0.29) is 5.41 Å². The van der Waals surface area contributed by atoms with Gasteiger partial charge >= 0.3 is 0 Å². The molecule has 0 radical (unpaired) electrons. The van der Waals surface area contributed by atoms with Crippen LogP contribution in [0.25, 0.3) is 0 Å². The van der Waals surface area contributed by atoms with E-state index in [1.807, 2.05) is 6.92 Å². The van der Waals surface area contributed by atoms with E-state index in [1.165, 1.54) is 11.4 Å². The Morgan fingerprint density at radius 2 is 1.94 bits per heavy atom. The maximum atomic E-state index is 11.3. The lowest BCUT2D eigenvalue weighted by molar-refractivity contribution is -0.115. The zero-order valence-corrected chi connectivity index (χ0v) is 11.5. The second-order valence-electron chi connectivity index (χ2n) is 5.46. The predicted molar refractivity (Wildman–Crippen MR) is 76.4 cm³/mol. The van der Waals surface area contributed by atoms with Gasteiger partial charge in [-0.3, -0.25) is 0 Å². The van der Waals surface area contributed by atoms with Crippen LogP contribution in [0.2, 0.25) is 0 Å². The fourth-order valence-corrected chi connectivity index (χ4v) is 2.40. The van der Waals surface area contributed by atoms with E-state index in [2.05, 4.69) is 48.0 Å². The summed E-state index contributed by atoms with van der Waals surface area (Å²) in [6.45, 7) is 6.92. The summed E-state index contributed by atoms with van der Waals surface area (Å²) in [6.07, 6.45) is 1.99. The van der Waals surface area contributed by atoms with E-state index in [0.717, 1.165) is 32.3 Å². The number of para-hydroxylation sites is 2. The number of carbonyl (C=O) groups is 1. The molecule has 0 bridgehead atoms. The molecule has 1 aliphatic heterocycles. The maximum Gasteiger partial charge on any atom is 0.127 e. The van der Waals surface area contributed by atoms with E-state index in [1.54, 1.807) is 0 Å². The Kier molecular flexibility index (Phi) is 3.60. The number of hydrogen-bond donors (Lipinski definition) is 0. The Morgan fingerprint density at radius 3 is 2.56 bits per heavy atom. The van der Waals surface area contributed by atoms with Crippen LogP contribution >= 0.6 is 0 Å². The van der Waals surface area contributed by atoms with E-state index in [9.17, 15) is 4.79 Å². The van der Waals surface area contributed by atoms with E-state index >= 15 is 0 Å². The highest BCUT2D eigenvalue weighted by Gasteiger charge is 2.28. The van der Waals surface area contributed by atoms with Gasteiger partial charge in [0.25, 0.3) is 0 Å². The first kappa shape index (κ1) is 12.9. The van der Waals surface area contributed by atoms with Crippen LogP contribution in [0.4, 0.5) is 11.4 Å². The second kappa shape index (κ2) is 5.01. The first-order chi connectivity index (χ1) is 8.59. The lowest BCUT2D eigenvalue weighted by Crippen LogP contribution is -2.44. The smallest absolute Gasteiger partial charge is 0.127 e. The van der Waals surface area contributed by atoms with Crippen LogP contribution < -0.4 is 9.80 Å². The second-order valence-corrected chi connectivity index (χ2v) is 5.46. The molecule has 3 heteroatoms. The maximum absolute atomic E-state index is 11.3. The molecule has 0 spiro atoms.